The van der Waals surface area contributed by atoms with Gasteiger partial charge in [0.25, 0.3) is 5.91 Å². The average Bonchev–Trinajstić information content (AvgIpc) is 2.25. The van der Waals surface area contributed by atoms with Gasteiger partial charge in [0.2, 0.25) is 0 Å². The summed E-state index contributed by atoms with van der Waals surface area (Å²) in [7, 11) is 1.66. The van der Waals surface area contributed by atoms with Gasteiger partial charge in [0.15, 0.2) is 6.61 Å². The summed E-state index contributed by atoms with van der Waals surface area (Å²) in [5.74, 6) is 0.567. The molecule has 0 radical (unpaired) electrons. The molecule has 0 aliphatic heterocycles. The molecule has 106 valence electrons. The second kappa shape index (κ2) is 6.06. The molecule has 0 heterocycles. The summed E-state index contributed by atoms with van der Waals surface area (Å²) >= 11 is 0. The largest absolute Gasteiger partial charge is 0.484 e. The third-order valence-electron chi connectivity index (χ3n) is 2.73. The molecule has 0 spiro atoms. The van der Waals surface area contributed by atoms with Gasteiger partial charge < -0.3 is 14.7 Å². The summed E-state index contributed by atoms with van der Waals surface area (Å²) < 4.78 is 5.52. The zero-order valence-electron chi connectivity index (χ0n) is 12.4. The minimum Gasteiger partial charge on any atom is -0.484 e. The Morgan fingerprint density at radius 2 is 2.00 bits per heavy atom. The lowest BCUT2D eigenvalue weighted by atomic mass is 10.1. The molecule has 4 heteroatoms. The van der Waals surface area contributed by atoms with E-state index in [0.29, 0.717) is 0 Å². The van der Waals surface area contributed by atoms with Gasteiger partial charge in [-0.1, -0.05) is 17.7 Å². The number of carbonyl (C=O) groups is 1. The Hall–Kier alpha value is -1.55. The number of hydrogen-bond acceptors (Lipinski definition) is 3. The zero-order valence-corrected chi connectivity index (χ0v) is 12.4. The van der Waals surface area contributed by atoms with E-state index in [1.54, 1.807) is 20.9 Å². The number of benzene rings is 1. The highest BCUT2D eigenvalue weighted by Crippen LogP contribution is 2.18. The van der Waals surface area contributed by atoms with Crippen LogP contribution in [0.15, 0.2) is 18.2 Å². The smallest absolute Gasteiger partial charge is 0.260 e. The highest BCUT2D eigenvalue weighted by Gasteiger charge is 2.19. The predicted molar refractivity (Wildman–Crippen MR) is 75.3 cm³/mol. The van der Waals surface area contributed by atoms with Crippen molar-refractivity contribution < 1.29 is 14.6 Å². The topological polar surface area (TPSA) is 49.8 Å². The van der Waals surface area contributed by atoms with Crippen molar-refractivity contribution >= 4 is 5.91 Å². The molecule has 1 aromatic rings. The average molecular weight is 265 g/mol. The summed E-state index contributed by atoms with van der Waals surface area (Å²) in [6, 6.07) is 5.83. The SMILES string of the molecule is Cc1ccc(OCC(=O)N(C)CC(C)(C)O)c(C)c1. The first kappa shape index (κ1) is 15.5. The van der Waals surface area contributed by atoms with Gasteiger partial charge in [0.05, 0.1) is 5.60 Å². The monoisotopic (exact) mass is 265 g/mol. The zero-order chi connectivity index (χ0) is 14.6. The van der Waals surface area contributed by atoms with Crippen LogP contribution in [0.25, 0.3) is 0 Å². The van der Waals surface area contributed by atoms with Crippen molar-refractivity contribution in [2.75, 3.05) is 20.2 Å². The Morgan fingerprint density at radius 3 is 2.53 bits per heavy atom. The van der Waals surface area contributed by atoms with Crippen LogP contribution >= 0.6 is 0 Å². The van der Waals surface area contributed by atoms with Gasteiger partial charge in [0.1, 0.15) is 5.75 Å². The normalized spacial score (nSPS) is 11.3. The number of carbonyl (C=O) groups excluding carboxylic acids is 1. The van der Waals surface area contributed by atoms with E-state index >= 15 is 0 Å². The third-order valence-corrected chi connectivity index (χ3v) is 2.73. The molecule has 0 saturated heterocycles. The number of aryl methyl sites for hydroxylation is 2. The fraction of sp³-hybridized carbons (Fsp3) is 0.533. The molecule has 4 nitrogen and oxygen atoms in total. The molecule has 0 aromatic heterocycles. The van der Waals surface area contributed by atoms with Gasteiger partial charge >= 0.3 is 0 Å². The summed E-state index contributed by atoms with van der Waals surface area (Å²) in [4.78, 5) is 13.3. The lowest BCUT2D eigenvalue weighted by Gasteiger charge is -2.25. The van der Waals surface area contributed by atoms with Crippen molar-refractivity contribution in [2.24, 2.45) is 0 Å². The Morgan fingerprint density at radius 1 is 1.37 bits per heavy atom. The number of amides is 1. The quantitative estimate of drug-likeness (QED) is 0.884. The van der Waals surface area contributed by atoms with E-state index < -0.39 is 5.60 Å². The second-order valence-corrected chi connectivity index (χ2v) is 5.62. The maximum atomic E-state index is 11.9. The molecule has 0 aliphatic rings. The number of likely N-dealkylation sites (N-methyl/N-ethyl adjacent to an activating group) is 1. The van der Waals surface area contributed by atoms with Crippen molar-refractivity contribution in [1.29, 1.82) is 0 Å². The molecule has 0 aliphatic carbocycles. The van der Waals surface area contributed by atoms with Crippen molar-refractivity contribution in [2.45, 2.75) is 33.3 Å². The standard InChI is InChI=1S/C15H23NO3/c1-11-6-7-13(12(2)8-11)19-9-14(17)16(5)10-15(3,4)18/h6-8,18H,9-10H2,1-5H3. The number of ether oxygens (including phenoxy) is 1. The molecular weight excluding hydrogens is 242 g/mol. The van der Waals surface area contributed by atoms with Gasteiger partial charge in [-0.05, 0) is 39.3 Å². The van der Waals surface area contributed by atoms with E-state index in [-0.39, 0.29) is 19.1 Å². The minimum absolute atomic E-state index is 0.0174. The van der Waals surface area contributed by atoms with Crippen LogP contribution in [0.2, 0.25) is 0 Å². The van der Waals surface area contributed by atoms with E-state index in [2.05, 4.69) is 0 Å². The highest BCUT2D eigenvalue weighted by atomic mass is 16.5. The van der Waals surface area contributed by atoms with Crippen molar-refractivity contribution in [3.63, 3.8) is 0 Å². The van der Waals surface area contributed by atoms with E-state index in [1.807, 2.05) is 32.0 Å². The van der Waals surface area contributed by atoms with Crippen molar-refractivity contribution in [3.05, 3.63) is 29.3 Å². The summed E-state index contributed by atoms with van der Waals surface area (Å²) in [5, 5.41) is 9.66. The Bertz CT molecular complexity index is 449. The maximum absolute atomic E-state index is 11.9. The molecule has 1 amide bonds. The van der Waals surface area contributed by atoms with E-state index in [4.69, 9.17) is 4.74 Å². The van der Waals surface area contributed by atoms with Gasteiger partial charge in [-0.15, -0.1) is 0 Å². The van der Waals surface area contributed by atoms with Crippen LogP contribution in [0.1, 0.15) is 25.0 Å². The van der Waals surface area contributed by atoms with Crippen LogP contribution in [0, 0.1) is 13.8 Å². The van der Waals surface area contributed by atoms with Gasteiger partial charge in [-0.2, -0.15) is 0 Å². The molecule has 0 unspecified atom stereocenters. The van der Waals surface area contributed by atoms with Crippen LogP contribution in [0.3, 0.4) is 0 Å². The van der Waals surface area contributed by atoms with Crippen molar-refractivity contribution in [3.8, 4) is 5.75 Å². The first-order valence-electron chi connectivity index (χ1n) is 6.35. The lowest BCUT2D eigenvalue weighted by Crippen LogP contribution is -2.41. The summed E-state index contributed by atoms with van der Waals surface area (Å²) in [5.41, 5.74) is 1.28. The number of aliphatic hydroxyl groups is 1. The lowest BCUT2D eigenvalue weighted by molar-refractivity contribution is -0.134. The fourth-order valence-corrected chi connectivity index (χ4v) is 1.88. The van der Waals surface area contributed by atoms with Gasteiger partial charge in [-0.3, -0.25) is 4.79 Å². The Labute approximate surface area is 115 Å². The van der Waals surface area contributed by atoms with Crippen molar-refractivity contribution in [1.82, 2.24) is 4.90 Å². The van der Waals surface area contributed by atoms with Crippen LogP contribution in [0.5, 0.6) is 5.75 Å². The third kappa shape index (κ3) is 5.30. The van der Waals surface area contributed by atoms with E-state index in [1.165, 1.54) is 4.90 Å². The minimum atomic E-state index is -0.899. The molecule has 19 heavy (non-hydrogen) atoms. The van der Waals surface area contributed by atoms with Gasteiger partial charge in [0, 0.05) is 13.6 Å². The second-order valence-electron chi connectivity index (χ2n) is 5.62. The number of nitrogens with zero attached hydrogens (tertiary/aromatic N) is 1. The first-order valence-corrected chi connectivity index (χ1v) is 6.35. The summed E-state index contributed by atoms with van der Waals surface area (Å²) in [6.07, 6.45) is 0. The molecule has 0 saturated carbocycles. The van der Waals surface area contributed by atoms with E-state index in [0.717, 1.165) is 16.9 Å². The van der Waals surface area contributed by atoms with Gasteiger partial charge in [-0.25, -0.2) is 0 Å². The number of hydrogen-bond donors (Lipinski definition) is 1. The molecule has 0 atom stereocenters. The maximum Gasteiger partial charge on any atom is 0.260 e. The molecule has 1 N–H and O–H groups in total. The van der Waals surface area contributed by atoms with Crippen LogP contribution in [-0.2, 0) is 4.79 Å². The molecular formula is C15H23NO3. The van der Waals surface area contributed by atoms with E-state index in [9.17, 15) is 9.90 Å². The fourth-order valence-electron chi connectivity index (χ4n) is 1.88. The highest BCUT2D eigenvalue weighted by molar-refractivity contribution is 5.77. The number of rotatable bonds is 5. The molecule has 1 rings (SSSR count). The molecule has 0 bridgehead atoms. The van der Waals surface area contributed by atoms with Crippen LogP contribution < -0.4 is 4.74 Å². The molecule has 1 aromatic carbocycles. The van der Waals surface area contributed by atoms with Crippen LogP contribution in [0.4, 0.5) is 0 Å². The Kier molecular flexibility index (Phi) is 4.95. The Balaban J connectivity index is 2.54. The first-order chi connectivity index (χ1) is 8.69. The summed E-state index contributed by atoms with van der Waals surface area (Å²) in [6.45, 7) is 7.56. The molecule has 0 fully saturated rings. The predicted octanol–water partition coefficient (Wildman–Crippen LogP) is 1.91. The van der Waals surface area contributed by atoms with Crippen LogP contribution in [-0.4, -0.2) is 41.7 Å².